The van der Waals surface area contributed by atoms with Crippen LogP contribution in [0.25, 0.3) is 0 Å². The molecule has 1 aromatic rings. The van der Waals surface area contributed by atoms with E-state index < -0.39 is 0 Å². The van der Waals surface area contributed by atoms with Gasteiger partial charge in [0.2, 0.25) is 5.91 Å². The van der Waals surface area contributed by atoms with Crippen molar-refractivity contribution in [1.82, 2.24) is 4.90 Å². The highest BCUT2D eigenvalue weighted by Gasteiger charge is 2.07. The van der Waals surface area contributed by atoms with Crippen molar-refractivity contribution in [2.45, 2.75) is 6.42 Å². The molecule has 0 saturated heterocycles. The molecule has 94 valence electrons. The first kappa shape index (κ1) is 13.3. The summed E-state index contributed by atoms with van der Waals surface area (Å²) in [6, 6.07) is 7.01. The van der Waals surface area contributed by atoms with Crippen LogP contribution in [0.1, 0.15) is 6.42 Å². The Kier molecular flexibility index (Phi) is 5.29. The number of aliphatic hydroxyl groups is 1. The molecule has 1 aromatic carbocycles. The van der Waals surface area contributed by atoms with Crippen LogP contribution in [0.4, 0.5) is 5.69 Å². The number of rotatable bonds is 6. The van der Waals surface area contributed by atoms with E-state index in [0.717, 1.165) is 0 Å². The van der Waals surface area contributed by atoms with Crippen LogP contribution in [0.5, 0.6) is 5.75 Å². The third kappa shape index (κ3) is 4.74. The number of nitrogen functional groups attached to an aromatic ring is 1. The molecular weight excluding hydrogens is 220 g/mol. The number of nitrogens with two attached hydrogens (primary N) is 1. The number of ether oxygens (including phenoxy) is 1. The Morgan fingerprint density at radius 3 is 2.65 bits per heavy atom. The van der Waals surface area contributed by atoms with E-state index in [0.29, 0.717) is 31.0 Å². The lowest BCUT2D eigenvalue weighted by Crippen LogP contribution is -2.30. The summed E-state index contributed by atoms with van der Waals surface area (Å²) in [7, 11) is 1.65. The highest BCUT2D eigenvalue weighted by Crippen LogP contribution is 2.13. The van der Waals surface area contributed by atoms with Crippen LogP contribution in [0, 0.1) is 0 Å². The molecule has 1 rings (SSSR count). The number of carbonyl (C=O) groups is 1. The van der Waals surface area contributed by atoms with Crippen molar-refractivity contribution in [3.63, 3.8) is 0 Å². The molecule has 0 unspecified atom stereocenters. The summed E-state index contributed by atoms with van der Waals surface area (Å²) in [5, 5.41) is 8.68. The van der Waals surface area contributed by atoms with E-state index in [1.54, 1.807) is 31.3 Å². The first-order valence-electron chi connectivity index (χ1n) is 5.46. The number of anilines is 1. The van der Waals surface area contributed by atoms with Gasteiger partial charge < -0.3 is 20.5 Å². The molecule has 0 aromatic heterocycles. The van der Waals surface area contributed by atoms with Crippen molar-refractivity contribution in [2.24, 2.45) is 0 Å². The molecule has 0 fully saturated rings. The zero-order valence-electron chi connectivity index (χ0n) is 9.93. The molecule has 0 atom stereocenters. The van der Waals surface area contributed by atoms with Crippen LogP contribution in [0.3, 0.4) is 0 Å². The Morgan fingerprint density at radius 1 is 1.41 bits per heavy atom. The Bertz CT molecular complexity index is 351. The summed E-state index contributed by atoms with van der Waals surface area (Å²) in [5.41, 5.74) is 6.21. The van der Waals surface area contributed by atoms with Crippen molar-refractivity contribution >= 4 is 11.6 Å². The van der Waals surface area contributed by atoms with Crippen LogP contribution in [0.15, 0.2) is 24.3 Å². The number of aliphatic hydroxyl groups excluding tert-OH is 1. The second kappa shape index (κ2) is 6.75. The van der Waals surface area contributed by atoms with Crippen LogP contribution < -0.4 is 10.5 Å². The van der Waals surface area contributed by atoms with Crippen molar-refractivity contribution in [1.29, 1.82) is 0 Å². The van der Waals surface area contributed by atoms with E-state index in [4.69, 9.17) is 15.6 Å². The van der Waals surface area contributed by atoms with Gasteiger partial charge in [0.1, 0.15) is 5.75 Å². The predicted octanol–water partition coefficient (Wildman–Crippen LogP) is 0.488. The highest BCUT2D eigenvalue weighted by atomic mass is 16.5. The molecule has 17 heavy (non-hydrogen) atoms. The van der Waals surface area contributed by atoms with Crippen molar-refractivity contribution < 1.29 is 14.6 Å². The molecule has 0 spiro atoms. The van der Waals surface area contributed by atoms with E-state index in [-0.39, 0.29) is 12.5 Å². The lowest BCUT2D eigenvalue weighted by Gasteiger charge is -2.15. The number of nitrogens with zero attached hydrogens (tertiary/aromatic N) is 1. The van der Waals surface area contributed by atoms with Gasteiger partial charge in [0.25, 0.3) is 0 Å². The van der Waals surface area contributed by atoms with E-state index >= 15 is 0 Å². The maximum Gasteiger partial charge on any atom is 0.225 e. The summed E-state index contributed by atoms with van der Waals surface area (Å²) < 4.78 is 5.39. The minimum absolute atomic E-state index is 0.0267. The van der Waals surface area contributed by atoms with E-state index in [2.05, 4.69) is 0 Å². The van der Waals surface area contributed by atoms with Crippen molar-refractivity contribution in [3.05, 3.63) is 24.3 Å². The normalized spacial score (nSPS) is 10.0. The number of benzene rings is 1. The number of carbonyl (C=O) groups excluding carboxylic acids is 1. The topological polar surface area (TPSA) is 75.8 Å². The molecule has 0 heterocycles. The summed E-state index contributed by atoms with van der Waals surface area (Å²) in [6.45, 7) is 0.639. The number of hydrogen-bond donors (Lipinski definition) is 2. The summed E-state index contributed by atoms with van der Waals surface area (Å²) in [5.74, 6) is 0.645. The highest BCUT2D eigenvalue weighted by molar-refractivity contribution is 5.75. The fourth-order valence-corrected chi connectivity index (χ4v) is 1.29. The van der Waals surface area contributed by atoms with Gasteiger partial charge in [-0.25, -0.2) is 0 Å². The number of amides is 1. The Balaban J connectivity index is 2.28. The quantitative estimate of drug-likeness (QED) is 0.707. The van der Waals surface area contributed by atoms with Crippen LogP contribution >= 0.6 is 0 Å². The lowest BCUT2D eigenvalue weighted by molar-refractivity contribution is -0.130. The molecule has 1 amide bonds. The van der Waals surface area contributed by atoms with E-state index in [1.807, 2.05) is 0 Å². The van der Waals surface area contributed by atoms with Crippen LogP contribution in [0.2, 0.25) is 0 Å². The van der Waals surface area contributed by atoms with Gasteiger partial charge in [-0.3, -0.25) is 4.79 Å². The maximum atomic E-state index is 11.5. The van der Waals surface area contributed by atoms with Gasteiger partial charge in [0.15, 0.2) is 0 Å². The molecule has 0 aliphatic carbocycles. The molecule has 0 radical (unpaired) electrons. The fraction of sp³-hybridized carbons (Fsp3) is 0.417. The van der Waals surface area contributed by atoms with E-state index in [1.165, 1.54) is 4.90 Å². The zero-order valence-corrected chi connectivity index (χ0v) is 9.93. The number of hydrogen-bond acceptors (Lipinski definition) is 4. The van der Waals surface area contributed by atoms with E-state index in [9.17, 15) is 4.79 Å². The molecular formula is C12H18N2O3. The van der Waals surface area contributed by atoms with Gasteiger partial charge in [0, 0.05) is 19.3 Å². The maximum absolute atomic E-state index is 11.5. The first-order valence-corrected chi connectivity index (χ1v) is 5.46. The molecule has 3 N–H and O–H groups in total. The number of likely N-dealkylation sites (N-methyl/N-ethyl adjacent to an activating group) is 1. The summed E-state index contributed by atoms with van der Waals surface area (Å²) in [6.07, 6.45) is 0.293. The van der Waals surface area contributed by atoms with Gasteiger partial charge in [-0.1, -0.05) is 0 Å². The fourth-order valence-electron chi connectivity index (χ4n) is 1.29. The van der Waals surface area contributed by atoms with Gasteiger partial charge in [-0.2, -0.15) is 0 Å². The molecule has 0 aliphatic rings. The zero-order chi connectivity index (χ0) is 12.7. The molecule has 0 bridgehead atoms. The SMILES string of the molecule is CN(CCO)C(=O)CCOc1ccc(N)cc1. The third-order valence-electron chi connectivity index (χ3n) is 2.33. The Morgan fingerprint density at radius 2 is 2.06 bits per heavy atom. The lowest BCUT2D eigenvalue weighted by atomic mass is 10.3. The Hall–Kier alpha value is -1.75. The minimum atomic E-state index is -0.0468. The van der Waals surface area contributed by atoms with Crippen LogP contribution in [-0.2, 0) is 4.79 Å². The van der Waals surface area contributed by atoms with Gasteiger partial charge in [0.05, 0.1) is 19.6 Å². The summed E-state index contributed by atoms with van der Waals surface area (Å²) >= 11 is 0. The largest absolute Gasteiger partial charge is 0.493 e. The van der Waals surface area contributed by atoms with Gasteiger partial charge >= 0.3 is 0 Å². The smallest absolute Gasteiger partial charge is 0.225 e. The molecule has 5 nitrogen and oxygen atoms in total. The Labute approximate surface area is 101 Å². The van der Waals surface area contributed by atoms with Gasteiger partial charge in [-0.15, -0.1) is 0 Å². The predicted molar refractivity (Wildman–Crippen MR) is 65.7 cm³/mol. The third-order valence-corrected chi connectivity index (χ3v) is 2.33. The first-order chi connectivity index (χ1) is 8.13. The van der Waals surface area contributed by atoms with Crippen molar-refractivity contribution in [3.8, 4) is 5.75 Å². The second-order valence-corrected chi connectivity index (χ2v) is 3.71. The minimum Gasteiger partial charge on any atom is -0.493 e. The van der Waals surface area contributed by atoms with Gasteiger partial charge in [-0.05, 0) is 24.3 Å². The average molecular weight is 238 g/mol. The summed E-state index contributed by atoms with van der Waals surface area (Å²) in [4.78, 5) is 13.0. The average Bonchev–Trinajstić information content (AvgIpc) is 2.32. The second-order valence-electron chi connectivity index (χ2n) is 3.71. The molecule has 0 saturated carbocycles. The standard InChI is InChI=1S/C12H18N2O3/c1-14(7-8-15)12(16)6-9-17-11-4-2-10(13)3-5-11/h2-5,15H,6-9,13H2,1H3. The molecule has 0 aliphatic heterocycles. The van der Waals surface area contributed by atoms with Crippen LogP contribution in [-0.4, -0.2) is 42.7 Å². The molecule has 5 heteroatoms. The monoisotopic (exact) mass is 238 g/mol. The van der Waals surface area contributed by atoms with Crippen molar-refractivity contribution in [2.75, 3.05) is 32.5 Å².